The first kappa shape index (κ1) is 12.9. The lowest BCUT2D eigenvalue weighted by Gasteiger charge is -2.24. The Bertz CT molecular complexity index is 576. The van der Waals surface area contributed by atoms with E-state index in [0.717, 1.165) is 24.4 Å². The van der Waals surface area contributed by atoms with Gasteiger partial charge in [-0.2, -0.15) is 5.26 Å². The van der Waals surface area contributed by atoms with Gasteiger partial charge in [-0.05, 0) is 37.3 Å². The predicted molar refractivity (Wildman–Crippen MR) is 75.4 cm³/mol. The monoisotopic (exact) mass is 270 g/mol. The summed E-state index contributed by atoms with van der Waals surface area (Å²) in [7, 11) is 0. The van der Waals surface area contributed by atoms with Crippen molar-refractivity contribution < 1.29 is 4.79 Å². The van der Waals surface area contributed by atoms with Gasteiger partial charge in [-0.1, -0.05) is 0 Å². The van der Waals surface area contributed by atoms with Gasteiger partial charge in [-0.25, -0.2) is 4.98 Å². The zero-order valence-electron chi connectivity index (χ0n) is 11.5. The number of aryl methyl sites for hydroxylation is 2. The van der Waals surface area contributed by atoms with E-state index in [9.17, 15) is 10.1 Å². The highest BCUT2D eigenvalue weighted by Gasteiger charge is 2.21. The van der Waals surface area contributed by atoms with Gasteiger partial charge in [-0.3, -0.25) is 4.79 Å². The highest BCUT2D eigenvalue weighted by Crippen LogP contribution is 2.26. The van der Waals surface area contributed by atoms with Crippen molar-refractivity contribution in [2.75, 3.05) is 24.5 Å². The van der Waals surface area contributed by atoms with Crippen LogP contribution in [0.25, 0.3) is 0 Å². The van der Waals surface area contributed by atoms with Gasteiger partial charge in [0.1, 0.15) is 11.9 Å². The Morgan fingerprint density at radius 1 is 1.25 bits per heavy atom. The van der Waals surface area contributed by atoms with E-state index in [-0.39, 0.29) is 5.91 Å². The second kappa shape index (κ2) is 5.49. The van der Waals surface area contributed by atoms with E-state index in [1.807, 2.05) is 6.07 Å². The SMILES string of the molecule is N#Cc1cc2c(nc1N1CCNC(=O)CC1)CCCC2. The molecule has 0 spiro atoms. The topological polar surface area (TPSA) is 69.0 Å². The number of pyridine rings is 1. The standard InChI is InChI=1S/C15H18N4O/c16-10-12-9-11-3-1-2-4-13(11)18-15(12)19-7-5-14(20)17-6-8-19/h9H,1-8H2,(H,17,20). The Hall–Kier alpha value is -2.09. The van der Waals surface area contributed by atoms with Gasteiger partial charge in [0.15, 0.2) is 0 Å². The van der Waals surface area contributed by atoms with Crippen molar-refractivity contribution in [2.24, 2.45) is 0 Å². The third kappa shape index (κ3) is 2.46. The average molecular weight is 270 g/mol. The fourth-order valence-electron chi connectivity index (χ4n) is 2.92. The first-order valence-electron chi connectivity index (χ1n) is 7.22. The van der Waals surface area contributed by atoms with E-state index in [1.165, 1.54) is 18.4 Å². The third-order valence-electron chi connectivity index (χ3n) is 4.01. The molecule has 0 saturated carbocycles. The van der Waals surface area contributed by atoms with Crippen LogP contribution in [0.5, 0.6) is 0 Å². The molecule has 5 nitrogen and oxygen atoms in total. The molecule has 1 aliphatic heterocycles. The lowest BCUT2D eigenvalue weighted by atomic mass is 9.95. The van der Waals surface area contributed by atoms with Crippen LogP contribution in [0.3, 0.4) is 0 Å². The number of hydrogen-bond acceptors (Lipinski definition) is 4. The number of nitriles is 1. The Balaban J connectivity index is 1.95. The largest absolute Gasteiger partial charge is 0.354 e. The summed E-state index contributed by atoms with van der Waals surface area (Å²) in [5, 5.41) is 12.2. The van der Waals surface area contributed by atoms with E-state index >= 15 is 0 Å². The van der Waals surface area contributed by atoms with E-state index in [1.54, 1.807) is 0 Å². The second-order valence-electron chi connectivity index (χ2n) is 5.37. The number of hydrogen-bond donors (Lipinski definition) is 1. The maximum absolute atomic E-state index is 11.4. The minimum atomic E-state index is 0.0731. The molecule has 1 aliphatic carbocycles. The number of carbonyl (C=O) groups excluding carboxylic acids is 1. The molecule has 1 amide bonds. The lowest BCUT2D eigenvalue weighted by Crippen LogP contribution is -2.30. The van der Waals surface area contributed by atoms with Crippen molar-refractivity contribution in [3.63, 3.8) is 0 Å². The maximum Gasteiger partial charge on any atom is 0.221 e. The molecule has 0 radical (unpaired) electrons. The van der Waals surface area contributed by atoms with Crippen molar-refractivity contribution in [3.8, 4) is 6.07 Å². The Morgan fingerprint density at radius 3 is 2.95 bits per heavy atom. The lowest BCUT2D eigenvalue weighted by molar-refractivity contribution is -0.120. The van der Waals surface area contributed by atoms with Crippen LogP contribution >= 0.6 is 0 Å². The first-order valence-corrected chi connectivity index (χ1v) is 7.22. The molecule has 1 fully saturated rings. The molecule has 20 heavy (non-hydrogen) atoms. The molecule has 0 unspecified atom stereocenters. The minimum absolute atomic E-state index is 0.0731. The second-order valence-corrected chi connectivity index (χ2v) is 5.37. The Morgan fingerprint density at radius 2 is 2.10 bits per heavy atom. The molecular weight excluding hydrogens is 252 g/mol. The summed E-state index contributed by atoms with van der Waals surface area (Å²) in [6, 6.07) is 4.26. The van der Waals surface area contributed by atoms with Crippen molar-refractivity contribution in [1.82, 2.24) is 10.3 Å². The summed E-state index contributed by atoms with van der Waals surface area (Å²) in [6.45, 7) is 1.96. The maximum atomic E-state index is 11.4. The van der Waals surface area contributed by atoms with Crippen LogP contribution in [-0.2, 0) is 17.6 Å². The molecule has 1 aromatic rings. The number of nitrogens with zero attached hydrogens (tertiary/aromatic N) is 3. The average Bonchev–Trinajstić information content (AvgIpc) is 2.70. The first-order chi connectivity index (χ1) is 9.78. The molecule has 0 bridgehead atoms. The third-order valence-corrected chi connectivity index (χ3v) is 4.01. The van der Waals surface area contributed by atoms with Crippen LogP contribution in [-0.4, -0.2) is 30.5 Å². The van der Waals surface area contributed by atoms with Gasteiger partial charge < -0.3 is 10.2 Å². The number of aromatic nitrogens is 1. The van der Waals surface area contributed by atoms with Crippen LogP contribution in [0.1, 0.15) is 36.1 Å². The smallest absolute Gasteiger partial charge is 0.221 e. The van der Waals surface area contributed by atoms with Crippen LogP contribution < -0.4 is 10.2 Å². The predicted octanol–water partition coefficient (Wildman–Crippen LogP) is 1.16. The highest BCUT2D eigenvalue weighted by atomic mass is 16.1. The molecule has 5 heteroatoms. The van der Waals surface area contributed by atoms with Crippen LogP contribution in [0.15, 0.2) is 6.07 Å². The number of fused-ring (bicyclic) bond motifs is 1. The number of nitrogens with one attached hydrogen (secondary N) is 1. The molecule has 1 N–H and O–H groups in total. The normalized spacial score (nSPS) is 18.8. The molecule has 2 aliphatic rings. The summed E-state index contributed by atoms with van der Waals surface area (Å²) < 4.78 is 0. The summed E-state index contributed by atoms with van der Waals surface area (Å²) in [5.41, 5.74) is 2.99. The minimum Gasteiger partial charge on any atom is -0.354 e. The molecule has 0 aromatic carbocycles. The number of amides is 1. The highest BCUT2D eigenvalue weighted by molar-refractivity contribution is 5.77. The zero-order chi connectivity index (χ0) is 13.9. The van der Waals surface area contributed by atoms with E-state index in [0.29, 0.717) is 31.6 Å². The van der Waals surface area contributed by atoms with Gasteiger partial charge in [0.05, 0.1) is 5.56 Å². The number of anilines is 1. The summed E-state index contributed by atoms with van der Waals surface area (Å²) in [4.78, 5) is 18.2. The van der Waals surface area contributed by atoms with Crippen LogP contribution in [0, 0.1) is 11.3 Å². The van der Waals surface area contributed by atoms with Crippen molar-refractivity contribution in [3.05, 3.63) is 22.9 Å². The zero-order valence-corrected chi connectivity index (χ0v) is 11.5. The van der Waals surface area contributed by atoms with Crippen molar-refractivity contribution >= 4 is 11.7 Å². The van der Waals surface area contributed by atoms with E-state index < -0.39 is 0 Å². The summed E-state index contributed by atoms with van der Waals surface area (Å²) >= 11 is 0. The van der Waals surface area contributed by atoms with Gasteiger partial charge >= 0.3 is 0 Å². The van der Waals surface area contributed by atoms with Crippen molar-refractivity contribution in [1.29, 1.82) is 5.26 Å². The molecule has 104 valence electrons. The van der Waals surface area contributed by atoms with E-state index in [4.69, 9.17) is 4.98 Å². The fraction of sp³-hybridized carbons (Fsp3) is 0.533. The van der Waals surface area contributed by atoms with Crippen LogP contribution in [0.4, 0.5) is 5.82 Å². The summed E-state index contributed by atoms with van der Waals surface area (Å²) in [6.07, 6.45) is 4.84. The molecule has 3 rings (SSSR count). The van der Waals surface area contributed by atoms with Gasteiger partial charge in [0.25, 0.3) is 0 Å². The Kier molecular flexibility index (Phi) is 3.55. The molecule has 1 aromatic heterocycles. The molecule has 0 atom stereocenters. The number of rotatable bonds is 1. The quantitative estimate of drug-likeness (QED) is 0.831. The van der Waals surface area contributed by atoms with Crippen molar-refractivity contribution in [2.45, 2.75) is 32.1 Å². The summed E-state index contributed by atoms with van der Waals surface area (Å²) in [5.74, 6) is 0.827. The fourth-order valence-corrected chi connectivity index (χ4v) is 2.92. The molecule has 1 saturated heterocycles. The molecular formula is C15H18N4O. The van der Waals surface area contributed by atoms with Crippen LogP contribution in [0.2, 0.25) is 0 Å². The van der Waals surface area contributed by atoms with Gasteiger partial charge in [0.2, 0.25) is 5.91 Å². The molecule has 2 heterocycles. The number of carbonyl (C=O) groups is 1. The van der Waals surface area contributed by atoms with Gasteiger partial charge in [-0.15, -0.1) is 0 Å². The Labute approximate surface area is 118 Å². The van der Waals surface area contributed by atoms with E-state index in [2.05, 4.69) is 16.3 Å². The van der Waals surface area contributed by atoms with Gasteiger partial charge in [0, 0.05) is 31.7 Å².